The quantitative estimate of drug-likeness (QED) is 0.877. The van der Waals surface area contributed by atoms with Gasteiger partial charge in [0.2, 0.25) is 0 Å². The van der Waals surface area contributed by atoms with Crippen molar-refractivity contribution < 1.29 is 4.79 Å². The Morgan fingerprint density at radius 1 is 1.22 bits per heavy atom. The van der Waals surface area contributed by atoms with Crippen LogP contribution in [0.3, 0.4) is 0 Å². The van der Waals surface area contributed by atoms with Gasteiger partial charge in [-0.15, -0.1) is 0 Å². The van der Waals surface area contributed by atoms with Crippen molar-refractivity contribution in [2.24, 2.45) is 5.92 Å². The summed E-state index contributed by atoms with van der Waals surface area (Å²) in [6.07, 6.45) is 3.95. The molecule has 2 unspecified atom stereocenters. The van der Waals surface area contributed by atoms with Crippen molar-refractivity contribution >= 4 is 5.91 Å². The number of hydrogen-bond donors (Lipinski definition) is 1. The SMILES string of the molecule is O=C(NCC1CC1N1CCCC1)c1ccccc1. The number of amides is 1. The third-order valence-corrected chi connectivity index (χ3v) is 4.06. The molecule has 3 heteroatoms. The summed E-state index contributed by atoms with van der Waals surface area (Å²) in [5, 5.41) is 3.05. The Morgan fingerprint density at radius 3 is 2.67 bits per heavy atom. The second-order valence-corrected chi connectivity index (χ2v) is 5.38. The molecule has 3 nitrogen and oxygen atoms in total. The topological polar surface area (TPSA) is 32.3 Å². The molecule has 1 heterocycles. The molecule has 2 atom stereocenters. The lowest BCUT2D eigenvalue weighted by Crippen LogP contribution is -2.29. The van der Waals surface area contributed by atoms with Crippen LogP contribution in [0, 0.1) is 5.92 Å². The predicted octanol–water partition coefficient (Wildman–Crippen LogP) is 1.90. The molecule has 18 heavy (non-hydrogen) atoms. The highest BCUT2D eigenvalue weighted by molar-refractivity contribution is 5.94. The molecule has 1 saturated carbocycles. The molecule has 96 valence electrons. The third kappa shape index (κ3) is 2.56. The standard InChI is InChI=1S/C15H20N2O/c18-15(12-6-2-1-3-7-12)16-11-13-10-14(13)17-8-4-5-9-17/h1-3,6-7,13-14H,4-5,8-11H2,(H,16,18). The lowest BCUT2D eigenvalue weighted by molar-refractivity contribution is 0.0950. The Hall–Kier alpha value is -1.35. The van der Waals surface area contributed by atoms with Gasteiger partial charge < -0.3 is 10.2 Å². The van der Waals surface area contributed by atoms with E-state index >= 15 is 0 Å². The van der Waals surface area contributed by atoms with Crippen molar-refractivity contribution in [2.45, 2.75) is 25.3 Å². The van der Waals surface area contributed by atoms with Crippen LogP contribution in [0.25, 0.3) is 0 Å². The number of carbonyl (C=O) groups excluding carboxylic acids is 1. The molecule has 2 fully saturated rings. The summed E-state index contributed by atoms with van der Waals surface area (Å²) in [6, 6.07) is 10.2. The molecular weight excluding hydrogens is 224 g/mol. The fourth-order valence-corrected chi connectivity index (χ4v) is 2.89. The summed E-state index contributed by atoms with van der Waals surface area (Å²) in [4.78, 5) is 14.5. The first-order chi connectivity index (χ1) is 8.84. The van der Waals surface area contributed by atoms with Crippen LogP contribution in [-0.2, 0) is 0 Å². The number of benzene rings is 1. The summed E-state index contributed by atoms with van der Waals surface area (Å²) in [5.41, 5.74) is 0.760. The molecule has 1 aromatic carbocycles. The maximum absolute atomic E-state index is 11.9. The lowest BCUT2D eigenvalue weighted by atomic mass is 10.2. The van der Waals surface area contributed by atoms with Crippen LogP contribution in [0.2, 0.25) is 0 Å². The van der Waals surface area contributed by atoms with E-state index in [1.54, 1.807) is 0 Å². The average molecular weight is 244 g/mol. The van der Waals surface area contributed by atoms with Crippen LogP contribution in [0.5, 0.6) is 0 Å². The molecule has 1 saturated heterocycles. The number of hydrogen-bond acceptors (Lipinski definition) is 2. The summed E-state index contributed by atoms with van der Waals surface area (Å²) in [5.74, 6) is 0.735. The largest absolute Gasteiger partial charge is 0.352 e. The highest BCUT2D eigenvalue weighted by Gasteiger charge is 2.42. The zero-order chi connectivity index (χ0) is 12.4. The predicted molar refractivity (Wildman–Crippen MR) is 71.5 cm³/mol. The van der Waals surface area contributed by atoms with Gasteiger partial charge in [-0.3, -0.25) is 4.79 Å². The van der Waals surface area contributed by atoms with Gasteiger partial charge in [0.1, 0.15) is 0 Å². The fraction of sp³-hybridized carbons (Fsp3) is 0.533. The minimum atomic E-state index is 0.0580. The maximum atomic E-state index is 11.9. The van der Waals surface area contributed by atoms with Crippen molar-refractivity contribution in [3.05, 3.63) is 35.9 Å². The highest BCUT2D eigenvalue weighted by Crippen LogP contribution is 2.36. The minimum absolute atomic E-state index is 0.0580. The van der Waals surface area contributed by atoms with E-state index in [1.807, 2.05) is 30.3 Å². The molecule has 0 bridgehead atoms. The van der Waals surface area contributed by atoms with E-state index in [0.717, 1.165) is 18.2 Å². The van der Waals surface area contributed by atoms with Crippen LogP contribution in [0.15, 0.2) is 30.3 Å². The fourth-order valence-electron chi connectivity index (χ4n) is 2.89. The van der Waals surface area contributed by atoms with E-state index in [9.17, 15) is 4.79 Å². The summed E-state index contributed by atoms with van der Waals surface area (Å²) in [7, 11) is 0. The van der Waals surface area contributed by atoms with E-state index in [4.69, 9.17) is 0 Å². The molecule has 1 aliphatic heterocycles. The Labute approximate surface area is 108 Å². The van der Waals surface area contributed by atoms with Gasteiger partial charge >= 0.3 is 0 Å². The molecule has 3 rings (SSSR count). The Balaban J connectivity index is 1.44. The zero-order valence-corrected chi connectivity index (χ0v) is 10.6. The van der Waals surface area contributed by atoms with Crippen molar-refractivity contribution in [2.75, 3.05) is 19.6 Å². The van der Waals surface area contributed by atoms with Crippen molar-refractivity contribution in [3.8, 4) is 0 Å². The van der Waals surface area contributed by atoms with E-state index in [0.29, 0.717) is 5.92 Å². The number of rotatable bonds is 4. The summed E-state index contributed by atoms with van der Waals surface area (Å²) < 4.78 is 0. The van der Waals surface area contributed by atoms with Gasteiger partial charge in [-0.05, 0) is 50.4 Å². The zero-order valence-electron chi connectivity index (χ0n) is 10.6. The van der Waals surface area contributed by atoms with Crippen LogP contribution in [-0.4, -0.2) is 36.5 Å². The second-order valence-electron chi connectivity index (χ2n) is 5.38. The van der Waals surface area contributed by atoms with Gasteiger partial charge in [0.05, 0.1) is 0 Å². The number of likely N-dealkylation sites (tertiary alicyclic amines) is 1. The summed E-state index contributed by atoms with van der Waals surface area (Å²) >= 11 is 0. The van der Waals surface area contributed by atoms with Gasteiger partial charge in [-0.25, -0.2) is 0 Å². The first-order valence-corrected chi connectivity index (χ1v) is 6.92. The van der Waals surface area contributed by atoms with Gasteiger partial charge in [-0.2, -0.15) is 0 Å². The number of nitrogens with one attached hydrogen (secondary N) is 1. The normalized spacial score (nSPS) is 27.1. The number of carbonyl (C=O) groups is 1. The van der Waals surface area contributed by atoms with Gasteiger partial charge in [0.25, 0.3) is 5.91 Å². The van der Waals surface area contributed by atoms with Crippen molar-refractivity contribution in [1.82, 2.24) is 10.2 Å². The maximum Gasteiger partial charge on any atom is 0.251 e. The number of nitrogens with zero attached hydrogens (tertiary/aromatic N) is 1. The highest BCUT2D eigenvalue weighted by atomic mass is 16.1. The smallest absolute Gasteiger partial charge is 0.251 e. The minimum Gasteiger partial charge on any atom is -0.352 e. The molecule has 0 aromatic heterocycles. The first kappa shape index (κ1) is 11.7. The average Bonchev–Trinajstić information content (AvgIpc) is 2.99. The molecule has 2 aliphatic rings. The Morgan fingerprint density at radius 2 is 1.94 bits per heavy atom. The van der Waals surface area contributed by atoms with E-state index in [-0.39, 0.29) is 5.91 Å². The molecule has 1 amide bonds. The monoisotopic (exact) mass is 244 g/mol. The third-order valence-electron chi connectivity index (χ3n) is 4.06. The van der Waals surface area contributed by atoms with E-state index in [1.165, 1.54) is 32.4 Å². The lowest BCUT2D eigenvalue weighted by Gasteiger charge is -2.14. The first-order valence-electron chi connectivity index (χ1n) is 6.92. The van der Waals surface area contributed by atoms with E-state index in [2.05, 4.69) is 10.2 Å². The molecule has 1 N–H and O–H groups in total. The molecule has 1 aromatic rings. The van der Waals surface area contributed by atoms with Crippen LogP contribution >= 0.6 is 0 Å². The van der Waals surface area contributed by atoms with Crippen LogP contribution < -0.4 is 5.32 Å². The molecule has 1 aliphatic carbocycles. The Bertz CT molecular complexity index is 412. The molecular formula is C15H20N2O. The van der Waals surface area contributed by atoms with Gasteiger partial charge in [0, 0.05) is 18.2 Å². The van der Waals surface area contributed by atoms with Crippen molar-refractivity contribution in [1.29, 1.82) is 0 Å². The van der Waals surface area contributed by atoms with Gasteiger partial charge in [-0.1, -0.05) is 18.2 Å². The molecule has 0 radical (unpaired) electrons. The van der Waals surface area contributed by atoms with E-state index < -0.39 is 0 Å². The summed E-state index contributed by atoms with van der Waals surface area (Å²) in [6.45, 7) is 3.34. The Kier molecular flexibility index (Phi) is 3.33. The van der Waals surface area contributed by atoms with Crippen LogP contribution in [0.1, 0.15) is 29.6 Å². The molecule has 0 spiro atoms. The second kappa shape index (κ2) is 5.11. The van der Waals surface area contributed by atoms with Crippen LogP contribution in [0.4, 0.5) is 0 Å². The van der Waals surface area contributed by atoms with Gasteiger partial charge in [0.15, 0.2) is 0 Å². The van der Waals surface area contributed by atoms with Crippen molar-refractivity contribution in [3.63, 3.8) is 0 Å².